The van der Waals surface area contributed by atoms with Crippen molar-refractivity contribution in [1.29, 1.82) is 0 Å². The fraction of sp³-hybridized carbons (Fsp3) is 0.571. The summed E-state index contributed by atoms with van der Waals surface area (Å²) in [4.78, 5) is 0. The molecule has 0 heterocycles. The summed E-state index contributed by atoms with van der Waals surface area (Å²) in [6.45, 7) is 0.815. The molecule has 0 amide bonds. The lowest BCUT2D eigenvalue weighted by Gasteiger charge is -2.25. The molecule has 0 saturated heterocycles. The molecule has 0 unspecified atom stereocenters. The number of hydrogen-bond donors (Lipinski definition) is 1. The number of nitrogens with two attached hydrogens (primary N) is 1. The summed E-state index contributed by atoms with van der Waals surface area (Å²) in [6, 6.07) is 6.40. The maximum absolute atomic E-state index is 5.57. The number of hydrogen-bond acceptors (Lipinski definition) is 2. The third kappa shape index (κ3) is 2.38. The van der Waals surface area contributed by atoms with E-state index in [0.717, 1.165) is 24.6 Å². The summed E-state index contributed by atoms with van der Waals surface area (Å²) in [5.41, 5.74) is 8.48. The van der Waals surface area contributed by atoms with Crippen molar-refractivity contribution in [3.8, 4) is 5.75 Å². The highest BCUT2D eigenvalue weighted by molar-refractivity contribution is 5.42. The molecule has 2 heteroatoms. The van der Waals surface area contributed by atoms with Gasteiger partial charge in [-0.05, 0) is 61.8 Å². The number of ether oxygens (including phenoxy) is 1. The van der Waals surface area contributed by atoms with Crippen LogP contribution in [0.3, 0.4) is 0 Å². The zero-order chi connectivity index (χ0) is 11.4. The number of aryl methyl sites for hydroxylation is 1. The molecule has 88 valence electrons. The summed E-state index contributed by atoms with van der Waals surface area (Å²) in [6.07, 6.45) is 6.07. The summed E-state index contributed by atoms with van der Waals surface area (Å²) in [5, 5.41) is 0. The molecule has 2 rings (SSSR count). The molecule has 0 aliphatic heterocycles. The molecule has 1 atom stereocenters. The highest BCUT2D eigenvalue weighted by Crippen LogP contribution is 2.33. The maximum atomic E-state index is 5.57. The Balaban J connectivity index is 2.11. The second-order valence-electron chi connectivity index (χ2n) is 4.64. The minimum absolute atomic E-state index is 0.798. The Morgan fingerprint density at radius 2 is 2.31 bits per heavy atom. The molecule has 0 radical (unpaired) electrons. The van der Waals surface area contributed by atoms with Crippen LogP contribution in [0.25, 0.3) is 0 Å². The van der Waals surface area contributed by atoms with Crippen molar-refractivity contribution in [3.63, 3.8) is 0 Å². The van der Waals surface area contributed by atoms with Crippen molar-refractivity contribution < 1.29 is 4.74 Å². The highest BCUT2D eigenvalue weighted by atomic mass is 16.5. The number of benzene rings is 1. The minimum atomic E-state index is 0.798. The second-order valence-corrected chi connectivity index (χ2v) is 4.64. The van der Waals surface area contributed by atoms with Crippen LogP contribution in [0.15, 0.2) is 18.2 Å². The van der Waals surface area contributed by atoms with Crippen molar-refractivity contribution in [1.82, 2.24) is 0 Å². The molecule has 0 bridgehead atoms. The van der Waals surface area contributed by atoms with Crippen LogP contribution in [0.5, 0.6) is 5.75 Å². The Hall–Kier alpha value is -1.02. The smallest absolute Gasteiger partial charge is 0.122 e. The molecule has 0 saturated carbocycles. The van der Waals surface area contributed by atoms with E-state index in [2.05, 4.69) is 18.2 Å². The SMILES string of the molecule is COc1cccc2c1C[C@@H](CCCN)CC2. The lowest BCUT2D eigenvalue weighted by molar-refractivity contribution is 0.379. The lowest BCUT2D eigenvalue weighted by Crippen LogP contribution is -2.16. The van der Waals surface area contributed by atoms with E-state index in [0.29, 0.717) is 0 Å². The van der Waals surface area contributed by atoms with Gasteiger partial charge in [0.25, 0.3) is 0 Å². The first-order valence-electron chi connectivity index (χ1n) is 6.20. The van der Waals surface area contributed by atoms with E-state index in [-0.39, 0.29) is 0 Å². The molecule has 1 aliphatic carbocycles. The molecule has 0 spiro atoms. The van der Waals surface area contributed by atoms with Gasteiger partial charge in [-0.25, -0.2) is 0 Å². The summed E-state index contributed by atoms with van der Waals surface area (Å²) < 4.78 is 5.44. The van der Waals surface area contributed by atoms with Gasteiger partial charge >= 0.3 is 0 Å². The fourth-order valence-electron chi connectivity index (χ4n) is 2.67. The Bertz CT molecular complexity index is 334. The molecule has 1 aliphatic rings. The molecular formula is C14H21NO. The average Bonchev–Trinajstić information content (AvgIpc) is 2.35. The van der Waals surface area contributed by atoms with Crippen LogP contribution in [-0.2, 0) is 12.8 Å². The Morgan fingerprint density at radius 3 is 3.06 bits per heavy atom. The average molecular weight is 219 g/mol. The van der Waals surface area contributed by atoms with Gasteiger partial charge < -0.3 is 10.5 Å². The van der Waals surface area contributed by atoms with Gasteiger partial charge in [0, 0.05) is 0 Å². The van der Waals surface area contributed by atoms with E-state index in [1.807, 2.05) is 0 Å². The lowest BCUT2D eigenvalue weighted by atomic mass is 9.81. The minimum Gasteiger partial charge on any atom is -0.496 e. The van der Waals surface area contributed by atoms with Crippen LogP contribution >= 0.6 is 0 Å². The van der Waals surface area contributed by atoms with Crippen molar-refractivity contribution in [3.05, 3.63) is 29.3 Å². The van der Waals surface area contributed by atoms with Crippen molar-refractivity contribution in [2.24, 2.45) is 11.7 Å². The first-order valence-corrected chi connectivity index (χ1v) is 6.20. The Morgan fingerprint density at radius 1 is 1.44 bits per heavy atom. The maximum Gasteiger partial charge on any atom is 0.122 e. The first-order chi connectivity index (χ1) is 7.85. The second kappa shape index (κ2) is 5.35. The molecular weight excluding hydrogens is 198 g/mol. The van der Waals surface area contributed by atoms with Gasteiger partial charge in [-0.2, -0.15) is 0 Å². The van der Waals surface area contributed by atoms with E-state index < -0.39 is 0 Å². The van der Waals surface area contributed by atoms with Gasteiger partial charge in [0.2, 0.25) is 0 Å². The van der Waals surface area contributed by atoms with E-state index >= 15 is 0 Å². The third-order valence-electron chi connectivity index (χ3n) is 3.58. The van der Waals surface area contributed by atoms with Crippen LogP contribution < -0.4 is 10.5 Å². The molecule has 2 N–H and O–H groups in total. The normalized spacial score (nSPS) is 19.2. The van der Waals surface area contributed by atoms with Gasteiger partial charge in [-0.3, -0.25) is 0 Å². The molecule has 1 aromatic rings. The van der Waals surface area contributed by atoms with Gasteiger partial charge in [-0.15, -0.1) is 0 Å². The van der Waals surface area contributed by atoms with Crippen LogP contribution in [0.1, 0.15) is 30.4 Å². The van der Waals surface area contributed by atoms with E-state index in [1.54, 1.807) is 7.11 Å². The topological polar surface area (TPSA) is 35.2 Å². The molecule has 0 fully saturated rings. The fourth-order valence-corrected chi connectivity index (χ4v) is 2.67. The summed E-state index contributed by atoms with van der Waals surface area (Å²) in [5.74, 6) is 1.86. The third-order valence-corrected chi connectivity index (χ3v) is 3.58. The zero-order valence-electron chi connectivity index (χ0n) is 10.0. The van der Waals surface area contributed by atoms with Gasteiger partial charge in [0.15, 0.2) is 0 Å². The number of rotatable bonds is 4. The molecule has 2 nitrogen and oxygen atoms in total. The summed E-state index contributed by atoms with van der Waals surface area (Å²) in [7, 11) is 1.76. The van der Waals surface area contributed by atoms with Gasteiger partial charge in [-0.1, -0.05) is 12.1 Å². The van der Waals surface area contributed by atoms with Crippen molar-refractivity contribution in [2.45, 2.75) is 32.1 Å². The predicted molar refractivity (Wildman–Crippen MR) is 66.8 cm³/mol. The Labute approximate surface area is 97.8 Å². The van der Waals surface area contributed by atoms with Crippen LogP contribution in [0.4, 0.5) is 0 Å². The summed E-state index contributed by atoms with van der Waals surface area (Å²) >= 11 is 0. The largest absolute Gasteiger partial charge is 0.496 e. The van der Waals surface area contributed by atoms with Crippen LogP contribution in [-0.4, -0.2) is 13.7 Å². The van der Waals surface area contributed by atoms with Gasteiger partial charge in [0.05, 0.1) is 7.11 Å². The predicted octanol–water partition coefficient (Wildman–Crippen LogP) is 2.54. The molecule has 1 aromatic carbocycles. The van der Waals surface area contributed by atoms with E-state index in [4.69, 9.17) is 10.5 Å². The van der Waals surface area contributed by atoms with E-state index in [1.165, 1.54) is 36.8 Å². The zero-order valence-corrected chi connectivity index (χ0v) is 10.0. The number of fused-ring (bicyclic) bond motifs is 1. The van der Waals surface area contributed by atoms with Gasteiger partial charge in [0.1, 0.15) is 5.75 Å². The monoisotopic (exact) mass is 219 g/mol. The molecule has 16 heavy (non-hydrogen) atoms. The quantitative estimate of drug-likeness (QED) is 0.844. The Kier molecular flexibility index (Phi) is 3.83. The van der Waals surface area contributed by atoms with E-state index in [9.17, 15) is 0 Å². The van der Waals surface area contributed by atoms with Crippen LogP contribution in [0, 0.1) is 5.92 Å². The first kappa shape index (κ1) is 11.5. The van der Waals surface area contributed by atoms with Crippen molar-refractivity contribution >= 4 is 0 Å². The standard InChI is InChI=1S/C14H21NO/c1-16-14-6-2-5-12-8-7-11(4-3-9-15)10-13(12)14/h2,5-6,11H,3-4,7-10,15H2,1H3/t11-/m0/s1. The number of methoxy groups -OCH3 is 1. The van der Waals surface area contributed by atoms with Crippen LogP contribution in [0.2, 0.25) is 0 Å². The highest BCUT2D eigenvalue weighted by Gasteiger charge is 2.20. The van der Waals surface area contributed by atoms with Crippen molar-refractivity contribution in [2.75, 3.05) is 13.7 Å². The molecule has 0 aromatic heterocycles.